The molecule has 0 radical (unpaired) electrons. The van der Waals surface area contributed by atoms with Crippen LogP contribution in [-0.4, -0.2) is 37.2 Å². The van der Waals surface area contributed by atoms with Crippen molar-refractivity contribution in [1.82, 2.24) is 0 Å². The summed E-state index contributed by atoms with van der Waals surface area (Å²) < 4.78 is 16.5. The minimum Gasteiger partial charge on any atom is -0.462 e. The number of ether oxygens (including phenoxy) is 3. The molecule has 0 aliphatic heterocycles. The number of allylic oxidation sites excluding steroid dienone is 8. The summed E-state index contributed by atoms with van der Waals surface area (Å²) in [4.78, 5) is 37.3. The van der Waals surface area contributed by atoms with Crippen LogP contribution in [0.2, 0.25) is 0 Å². The molecule has 0 heterocycles. The fraction of sp³-hybridized carbons (Fsp3) is 0.738. The zero-order valence-corrected chi connectivity index (χ0v) is 31.2. The van der Waals surface area contributed by atoms with Gasteiger partial charge in [-0.05, 0) is 83.5 Å². The van der Waals surface area contributed by atoms with Gasteiger partial charge in [0.2, 0.25) is 0 Å². The van der Waals surface area contributed by atoms with E-state index in [4.69, 9.17) is 14.2 Å². The quantitative estimate of drug-likeness (QED) is 0.0293. The summed E-state index contributed by atoms with van der Waals surface area (Å²) in [6.07, 6.45) is 41.1. The third kappa shape index (κ3) is 34.7. The van der Waals surface area contributed by atoms with Gasteiger partial charge in [-0.3, -0.25) is 14.4 Å². The zero-order valence-electron chi connectivity index (χ0n) is 31.2. The van der Waals surface area contributed by atoms with Gasteiger partial charge in [0.15, 0.2) is 6.10 Å². The second kappa shape index (κ2) is 37.2. The summed E-state index contributed by atoms with van der Waals surface area (Å²) in [6.45, 7) is 6.36. The van der Waals surface area contributed by atoms with Crippen molar-refractivity contribution >= 4 is 17.9 Å². The van der Waals surface area contributed by atoms with Crippen LogP contribution in [0.1, 0.15) is 181 Å². The SMILES string of the molecule is CC/C=C\C/C=C\CCCCCCCC(=O)OCC(COC(=O)CCC/C=C\CCCCCC)OC(=O)CCC/C=C\CCCCCC. The van der Waals surface area contributed by atoms with E-state index in [9.17, 15) is 14.4 Å². The molecule has 0 aromatic rings. The van der Waals surface area contributed by atoms with Gasteiger partial charge in [0.05, 0.1) is 0 Å². The fourth-order valence-electron chi connectivity index (χ4n) is 5.07. The summed E-state index contributed by atoms with van der Waals surface area (Å²) in [5.74, 6) is -0.998. The van der Waals surface area contributed by atoms with E-state index in [0.717, 1.165) is 77.0 Å². The molecule has 0 aromatic heterocycles. The molecule has 0 N–H and O–H groups in total. The Kier molecular flexibility index (Phi) is 35.2. The molecule has 6 nitrogen and oxygen atoms in total. The molecule has 0 rings (SSSR count). The molecule has 0 saturated carbocycles. The first-order valence-electron chi connectivity index (χ1n) is 19.6. The first kappa shape index (κ1) is 45.4. The Morgan fingerprint density at radius 1 is 0.438 bits per heavy atom. The first-order valence-corrected chi connectivity index (χ1v) is 19.6. The van der Waals surface area contributed by atoms with E-state index in [1.54, 1.807) is 0 Å². The Balaban J connectivity index is 4.45. The molecule has 0 amide bonds. The maximum absolute atomic E-state index is 12.6. The van der Waals surface area contributed by atoms with Crippen LogP contribution in [0.4, 0.5) is 0 Å². The molecule has 0 spiro atoms. The van der Waals surface area contributed by atoms with Crippen molar-refractivity contribution in [3.8, 4) is 0 Å². The number of carbonyl (C=O) groups excluding carboxylic acids is 3. The maximum Gasteiger partial charge on any atom is 0.306 e. The van der Waals surface area contributed by atoms with Crippen LogP contribution in [-0.2, 0) is 28.6 Å². The Morgan fingerprint density at radius 2 is 0.833 bits per heavy atom. The number of esters is 3. The Labute approximate surface area is 295 Å². The first-order chi connectivity index (χ1) is 23.5. The van der Waals surface area contributed by atoms with Crippen molar-refractivity contribution < 1.29 is 28.6 Å². The molecule has 1 unspecified atom stereocenters. The molecule has 0 bridgehead atoms. The van der Waals surface area contributed by atoms with Gasteiger partial charge in [-0.25, -0.2) is 0 Å². The lowest BCUT2D eigenvalue weighted by atomic mass is 10.1. The van der Waals surface area contributed by atoms with Gasteiger partial charge in [-0.15, -0.1) is 0 Å². The number of rotatable bonds is 34. The van der Waals surface area contributed by atoms with Crippen LogP contribution >= 0.6 is 0 Å². The Morgan fingerprint density at radius 3 is 1.35 bits per heavy atom. The van der Waals surface area contributed by atoms with Crippen LogP contribution in [0, 0.1) is 0 Å². The molecule has 276 valence electrons. The predicted molar refractivity (Wildman–Crippen MR) is 201 cm³/mol. The van der Waals surface area contributed by atoms with E-state index in [1.165, 1.54) is 51.4 Å². The van der Waals surface area contributed by atoms with Gasteiger partial charge in [-0.1, -0.05) is 127 Å². The predicted octanol–water partition coefficient (Wildman–Crippen LogP) is 12.0. The standard InChI is InChI=1S/C42H72O6/c1-4-7-10-13-16-19-20-21-24-26-29-32-35-41(44)47-38-39(48-42(45)36-33-30-27-23-18-15-12-9-6-3)37-46-40(43)34-31-28-25-22-17-14-11-8-5-2/h7,10,16,19,22-23,25,27,39H,4-6,8-9,11-15,17-18,20-21,24,26,28-38H2,1-3H3/b10-7-,19-16-,25-22-,27-23-. The highest BCUT2D eigenvalue weighted by Gasteiger charge is 2.19. The van der Waals surface area contributed by atoms with E-state index in [2.05, 4.69) is 69.4 Å². The minimum atomic E-state index is -0.798. The smallest absolute Gasteiger partial charge is 0.306 e. The molecule has 0 saturated heterocycles. The molecule has 6 heteroatoms. The number of hydrogen-bond donors (Lipinski definition) is 0. The monoisotopic (exact) mass is 673 g/mol. The molecule has 0 aromatic carbocycles. The molecular weight excluding hydrogens is 600 g/mol. The average molecular weight is 673 g/mol. The lowest BCUT2D eigenvalue weighted by Crippen LogP contribution is -2.30. The fourth-order valence-corrected chi connectivity index (χ4v) is 5.07. The summed E-state index contributed by atoms with van der Waals surface area (Å²) in [5, 5.41) is 0. The normalized spacial score (nSPS) is 12.5. The van der Waals surface area contributed by atoms with E-state index in [0.29, 0.717) is 25.7 Å². The molecular formula is C42H72O6. The van der Waals surface area contributed by atoms with Gasteiger partial charge in [0, 0.05) is 19.3 Å². The van der Waals surface area contributed by atoms with Gasteiger partial charge in [-0.2, -0.15) is 0 Å². The summed E-state index contributed by atoms with van der Waals surface area (Å²) >= 11 is 0. The van der Waals surface area contributed by atoms with E-state index in [1.807, 2.05) is 0 Å². The highest BCUT2D eigenvalue weighted by atomic mass is 16.6. The van der Waals surface area contributed by atoms with Gasteiger partial charge < -0.3 is 14.2 Å². The van der Waals surface area contributed by atoms with Crippen molar-refractivity contribution in [3.63, 3.8) is 0 Å². The Bertz CT molecular complexity index is 871. The van der Waals surface area contributed by atoms with Crippen LogP contribution in [0.15, 0.2) is 48.6 Å². The average Bonchev–Trinajstić information content (AvgIpc) is 3.08. The van der Waals surface area contributed by atoms with Crippen LogP contribution in [0.5, 0.6) is 0 Å². The number of unbranched alkanes of at least 4 members (excludes halogenated alkanes) is 15. The summed E-state index contributed by atoms with van der Waals surface area (Å²) in [5.41, 5.74) is 0. The van der Waals surface area contributed by atoms with Gasteiger partial charge in [0.1, 0.15) is 13.2 Å². The van der Waals surface area contributed by atoms with E-state index < -0.39 is 6.10 Å². The topological polar surface area (TPSA) is 78.9 Å². The molecule has 0 aliphatic carbocycles. The zero-order chi connectivity index (χ0) is 35.2. The van der Waals surface area contributed by atoms with Crippen molar-refractivity contribution in [2.45, 2.75) is 187 Å². The lowest BCUT2D eigenvalue weighted by molar-refractivity contribution is -0.167. The van der Waals surface area contributed by atoms with Crippen LogP contribution in [0.3, 0.4) is 0 Å². The Hall–Kier alpha value is -2.63. The minimum absolute atomic E-state index is 0.101. The van der Waals surface area contributed by atoms with E-state index >= 15 is 0 Å². The highest BCUT2D eigenvalue weighted by molar-refractivity contribution is 5.71. The van der Waals surface area contributed by atoms with Gasteiger partial charge in [0.25, 0.3) is 0 Å². The number of hydrogen-bond acceptors (Lipinski definition) is 6. The molecule has 48 heavy (non-hydrogen) atoms. The maximum atomic E-state index is 12.6. The van der Waals surface area contributed by atoms with Gasteiger partial charge >= 0.3 is 17.9 Å². The lowest BCUT2D eigenvalue weighted by Gasteiger charge is -2.18. The summed E-state index contributed by atoms with van der Waals surface area (Å²) in [7, 11) is 0. The highest BCUT2D eigenvalue weighted by Crippen LogP contribution is 2.11. The van der Waals surface area contributed by atoms with Crippen molar-refractivity contribution in [2.24, 2.45) is 0 Å². The molecule has 0 fully saturated rings. The third-order valence-corrected chi connectivity index (χ3v) is 8.04. The van der Waals surface area contributed by atoms with Crippen molar-refractivity contribution in [1.29, 1.82) is 0 Å². The summed E-state index contributed by atoms with van der Waals surface area (Å²) in [6, 6.07) is 0. The second-order valence-electron chi connectivity index (χ2n) is 12.8. The van der Waals surface area contributed by atoms with E-state index in [-0.39, 0.29) is 37.5 Å². The van der Waals surface area contributed by atoms with Crippen molar-refractivity contribution in [3.05, 3.63) is 48.6 Å². The van der Waals surface area contributed by atoms with Crippen LogP contribution < -0.4 is 0 Å². The van der Waals surface area contributed by atoms with Crippen molar-refractivity contribution in [2.75, 3.05) is 13.2 Å². The molecule has 1 atom stereocenters. The largest absolute Gasteiger partial charge is 0.462 e. The third-order valence-electron chi connectivity index (χ3n) is 8.04. The van der Waals surface area contributed by atoms with Crippen LogP contribution in [0.25, 0.3) is 0 Å². The molecule has 0 aliphatic rings. The second-order valence-corrected chi connectivity index (χ2v) is 12.8. The number of carbonyl (C=O) groups is 3.